The fourth-order valence-electron chi connectivity index (χ4n) is 2.83. The standard InChI is InChI=1S/C22H22ClN3O/c1-15-9-11-17(12-10-15)14-21(20-7-3-4-13-24-20)26-22(27)25-19-8-5-6-18(23)16(19)2/h3-13,21H,14H2,1-2H3,(H2,25,26,27). The van der Waals surface area contributed by atoms with Crippen LogP contribution in [0.3, 0.4) is 0 Å². The van der Waals surface area contributed by atoms with E-state index in [4.69, 9.17) is 11.6 Å². The van der Waals surface area contributed by atoms with Crippen LogP contribution in [0.25, 0.3) is 0 Å². The zero-order chi connectivity index (χ0) is 19.2. The Kier molecular flexibility index (Phi) is 6.09. The molecule has 2 amide bonds. The zero-order valence-electron chi connectivity index (χ0n) is 15.4. The summed E-state index contributed by atoms with van der Waals surface area (Å²) in [5.41, 5.74) is 4.68. The number of aryl methyl sites for hydroxylation is 1. The molecule has 0 bridgehead atoms. The second-order valence-corrected chi connectivity index (χ2v) is 6.91. The smallest absolute Gasteiger partial charge is 0.319 e. The predicted octanol–water partition coefficient (Wildman–Crippen LogP) is 5.46. The van der Waals surface area contributed by atoms with Crippen LogP contribution in [-0.4, -0.2) is 11.0 Å². The minimum Gasteiger partial charge on any atom is -0.329 e. The van der Waals surface area contributed by atoms with Crippen LogP contribution in [0.2, 0.25) is 5.02 Å². The lowest BCUT2D eigenvalue weighted by Crippen LogP contribution is -2.34. The van der Waals surface area contributed by atoms with E-state index in [0.717, 1.165) is 16.8 Å². The van der Waals surface area contributed by atoms with Gasteiger partial charge in [-0.1, -0.05) is 53.6 Å². The molecule has 27 heavy (non-hydrogen) atoms. The highest BCUT2D eigenvalue weighted by Crippen LogP contribution is 2.23. The van der Waals surface area contributed by atoms with Crippen LogP contribution >= 0.6 is 11.6 Å². The average molecular weight is 380 g/mol. The first-order valence-electron chi connectivity index (χ1n) is 8.82. The Morgan fingerprint density at radius 2 is 1.81 bits per heavy atom. The molecule has 0 radical (unpaired) electrons. The van der Waals surface area contributed by atoms with Crippen molar-refractivity contribution in [3.8, 4) is 0 Å². The van der Waals surface area contributed by atoms with Gasteiger partial charge in [-0.2, -0.15) is 0 Å². The molecule has 3 rings (SSSR count). The van der Waals surface area contributed by atoms with Crippen molar-refractivity contribution in [2.45, 2.75) is 26.3 Å². The molecule has 0 aliphatic carbocycles. The van der Waals surface area contributed by atoms with Crippen LogP contribution in [-0.2, 0) is 6.42 Å². The molecule has 3 aromatic rings. The first kappa shape index (κ1) is 18.9. The second kappa shape index (κ2) is 8.69. The van der Waals surface area contributed by atoms with Gasteiger partial charge in [0.15, 0.2) is 0 Å². The van der Waals surface area contributed by atoms with Crippen molar-refractivity contribution in [1.29, 1.82) is 0 Å². The van der Waals surface area contributed by atoms with Crippen molar-refractivity contribution >= 4 is 23.3 Å². The zero-order valence-corrected chi connectivity index (χ0v) is 16.1. The molecule has 0 saturated carbocycles. The normalized spacial score (nSPS) is 11.7. The number of nitrogens with one attached hydrogen (secondary N) is 2. The number of pyridine rings is 1. The SMILES string of the molecule is Cc1ccc(CC(NC(=O)Nc2cccc(Cl)c2C)c2ccccn2)cc1. The molecule has 1 aromatic heterocycles. The number of carbonyl (C=O) groups excluding carboxylic acids is 1. The number of hydrogen-bond donors (Lipinski definition) is 2. The van der Waals surface area contributed by atoms with E-state index < -0.39 is 0 Å². The third-order valence-corrected chi connectivity index (χ3v) is 4.84. The first-order valence-corrected chi connectivity index (χ1v) is 9.20. The molecule has 0 spiro atoms. The van der Waals surface area contributed by atoms with E-state index >= 15 is 0 Å². The molecule has 2 N–H and O–H groups in total. The van der Waals surface area contributed by atoms with Crippen LogP contribution < -0.4 is 10.6 Å². The molecule has 1 heterocycles. The van der Waals surface area contributed by atoms with E-state index in [9.17, 15) is 4.79 Å². The van der Waals surface area contributed by atoms with E-state index in [1.807, 2.05) is 37.3 Å². The van der Waals surface area contributed by atoms with E-state index in [1.54, 1.807) is 12.3 Å². The molecular formula is C22H22ClN3O. The Hall–Kier alpha value is -2.85. The maximum absolute atomic E-state index is 12.6. The molecule has 1 atom stereocenters. The lowest BCUT2D eigenvalue weighted by molar-refractivity contribution is 0.248. The Labute approximate surface area is 164 Å². The van der Waals surface area contributed by atoms with Crippen LogP contribution in [0.15, 0.2) is 66.9 Å². The lowest BCUT2D eigenvalue weighted by Gasteiger charge is -2.19. The average Bonchev–Trinajstić information content (AvgIpc) is 2.67. The van der Waals surface area contributed by atoms with E-state index in [0.29, 0.717) is 17.1 Å². The highest BCUT2D eigenvalue weighted by atomic mass is 35.5. The number of anilines is 1. The first-order chi connectivity index (χ1) is 13.0. The van der Waals surface area contributed by atoms with Crippen molar-refractivity contribution < 1.29 is 4.79 Å². The Bertz CT molecular complexity index is 911. The number of rotatable bonds is 5. The van der Waals surface area contributed by atoms with Gasteiger partial charge in [-0.15, -0.1) is 0 Å². The summed E-state index contributed by atoms with van der Waals surface area (Å²) in [4.78, 5) is 17.0. The molecule has 0 aliphatic heterocycles. The number of carbonyl (C=O) groups is 1. The number of hydrogen-bond acceptors (Lipinski definition) is 2. The molecule has 4 nitrogen and oxygen atoms in total. The van der Waals surface area contributed by atoms with Crippen LogP contribution in [0.5, 0.6) is 0 Å². The topological polar surface area (TPSA) is 54.0 Å². The Morgan fingerprint density at radius 1 is 1.04 bits per heavy atom. The molecule has 0 aliphatic rings. The van der Waals surface area contributed by atoms with Crippen molar-refractivity contribution in [2.75, 3.05) is 5.32 Å². The van der Waals surface area contributed by atoms with Crippen LogP contribution in [0.1, 0.15) is 28.4 Å². The second-order valence-electron chi connectivity index (χ2n) is 6.51. The predicted molar refractivity (Wildman–Crippen MR) is 110 cm³/mol. The van der Waals surface area contributed by atoms with Crippen molar-refractivity contribution in [1.82, 2.24) is 10.3 Å². The summed E-state index contributed by atoms with van der Waals surface area (Å²) >= 11 is 6.14. The fraction of sp³-hybridized carbons (Fsp3) is 0.182. The van der Waals surface area contributed by atoms with Crippen LogP contribution in [0, 0.1) is 13.8 Å². The molecule has 5 heteroatoms. The van der Waals surface area contributed by atoms with Crippen LogP contribution in [0.4, 0.5) is 10.5 Å². The summed E-state index contributed by atoms with van der Waals surface area (Å²) in [5, 5.41) is 6.54. The van der Waals surface area contributed by atoms with Crippen molar-refractivity contribution in [2.24, 2.45) is 0 Å². The van der Waals surface area contributed by atoms with Gasteiger partial charge in [-0.3, -0.25) is 4.98 Å². The van der Waals surface area contributed by atoms with Gasteiger partial charge >= 0.3 is 6.03 Å². The van der Waals surface area contributed by atoms with Crippen molar-refractivity contribution in [3.05, 3.63) is 94.3 Å². The summed E-state index contributed by atoms with van der Waals surface area (Å²) in [6.45, 7) is 3.93. The number of urea groups is 1. The molecule has 0 fully saturated rings. The highest BCUT2D eigenvalue weighted by molar-refractivity contribution is 6.31. The minimum absolute atomic E-state index is 0.242. The van der Waals surface area contributed by atoms with Gasteiger partial charge in [0.05, 0.1) is 11.7 Å². The van der Waals surface area contributed by atoms with Gasteiger partial charge in [-0.05, 0) is 55.7 Å². The van der Waals surface area contributed by atoms with Gasteiger partial charge < -0.3 is 10.6 Å². The van der Waals surface area contributed by atoms with E-state index in [1.165, 1.54) is 5.56 Å². The number of benzene rings is 2. The summed E-state index contributed by atoms with van der Waals surface area (Å²) in [6.07, 6.45) is 2.39. The van der Waals surface area contributed by atoms with Gasteiger partial charge in [-0.25, -0.2) is 4.79 Å². The molecular weight excluding hydrogens is 358 g/mol. The summed E-state index contributed by atoms with van der Waals surface area (Å²) < 4.78 is 0. The lowest BCUT2D eigenvalue weighted by atomic mass is 10.0. The summed E-state index contributed by atoms with van der Waals surface area (Å²) in [5.74, 6) is 0. The number of amides is 2. The third-order valence-electron chi connectivity index (χ3n) is 4.43. The maximum Gasteiger partial charge on any atom is 0.319 e. The van der Waals surface area contributed by atoms with Crippen molar-refractivity contribution in [3.63, 3.8) is 0 Å². The third kappa shape index (κ3) is 5.08. The number of aromatic nitrogens is 1. The maximum atomic E-state index is 12.6. The summed E-state index contributed by atoms with van der Waals surface area (Å²) in [6, 6.07) is 18.9. The number of halogens is 1. The van der Waals surface area contributed by atoms with Gasteiger partial charge in [0.1, 0.15) is 0 Å². The molecule has 1 unspecified atom stereocenters. The Morgan fingerprint density at radius 3 is 2.52 bits per heavy atom. The fourth-order valence-corrected chi connectivity index (χ4v) is 3.01. The molecule has 0 saturated heterocycles. The highest BCUT2D eigenvalue weighted by Gasteiger charge is 2.17. The molecule has 138 valence electrons. The van der Waals surface area contributed by atoms with Gasteiger partial charge in [0.2, 0.25) is 0 Å². The van der Waals surface area contributed by atoms with Gasteiger partial charge in [0.25, 0.3) is 0 Å². The largest absolute Gasteiger partial charge is 0.329 e. The summed E-state index contributed by atoms with van der Waals surface area (Å²) in [7, 11) is 0. The number of nitrogens with zero attached hydrogens (tertiary/aromatic N) is 1. The Balaban J connectivity index is 1.77. The van der Waals surface area contributed by atoms with Gasteiger partial charge in [0, 0.05) is 16.9 Å². The van der Waals surface area contributed by atoms with E-state index in [-0.39, 0.29) is 12.1 Å². The van der Waals surface area contributed by atoms with E-state index in [2.05, 4.69) is 46.8 Å². The quantitative estimate of drug-likeness (QED) is 0.618. The molecule has 2 aromatic carbocycles. The monoisotopic (exact) mass is 379 g/mol. The minimum atomic E-state index is -0.289.